The summed E-state index contributed by atoms with van der Waals surface area (Å²) in [6.07, 6.45) is -0.958. The van der Waals surface area contributed by atoms with Gasteiger partial charge in [0.15, 0.2) is 0 Å². The van der Waals surface area contributed by atoms with Gasteiger partial charge in [0.1, 0.15) is 12.1 Å². The number of anilines is 2. The fourth-order valence-electron chi connectivity index (χ4n) is 3.51. The van der Waals surface area contributed by atoms with E-state index in [1.807, 2.05) is 0 Å². The first-order valence-corrected chi connectivity index (χ1v) is 12.6. The van der Waals surface area contributed by atoms with Crippen molar-refractivity contribution in [2.45, 2.75) is 45.7 Å². The van der Waals surface area contributed by atoms with Crippen LogP contribution < -0.4 is 21.3 Å². The molecule has 10 nitrogen and oxygen atoms in total. The van der Waals surface area contributed by atoms with Crippen molar-refractivity contribution in [3.63, 3.8) is 0 Å². The monoisotopic (exact) mass is 570 g/mol. The van der Waals surface area contributed by atoms with Crippen LogP contribution in [0.4, 0.5) is 21.0 Å². The molecular weight excluding hydrogens is 524 g/mol. The van der Waals surface area contributed by atoms with Gasteiger partial charge in [-0.3, -0.25) is 0 Å². The topological polar surface area (TPSA) is 135 Å². The van der Waals surface area contributed by atoms with Crippen LogP contribution >= 0.6 is 0 Å². The number of ether oxygens (including phenoxy) is 2. The smallest absolute Gasteiger partial charge is 0.329 e. The fourth-order valence-corrected chi connectivity index (χ4v) is 3.51. The van der Waals surface area contributed by atoms with Gasteiger partial charge in [0.2, 0.25) is 0 Å². The van der Waals surface area contributed by atoms with Crippen LogP contribution in [0.15, 0.2) is 78.6 Å². The van der Waals surface area contributed by atoms with Gasteiger partial charge in [-0.2, -0.15) is 0 Å². The van der Waals surface area contributed by atoms with Gasteiger partial charge in [0.05, 0.1) is 26.9 Å². The van der Waals surface area contributed by atoms with Gasteiger partial charge in [-0.1, -0.05) is 66.5 Å². The fraction of sp³-hybridized carbons (Fsp3) is 0.290. The number of nitrogens with one attached hydrogen (secondary N) is 4. The molecule has 0 saturated carbocycles. The second-order valence-electron chi connectivity index (χ2n) is 8.45. The Morgan fingerprint density at radius 2 is 1.20 bits per heavy atom. The molecule has 0 radical (unpaired) electrons. The zero-order valence-electron chi connectivity index (χ0n) is 32.7. The molecule has 0 spiro atoms. The molecule has 0 heterocycles. The highest BCUT2D eigenvalue weighted by Crippen LogP contribution is 2.20. The van der Waals surface area contributed by atoms with Gasteiger partial charge >= 0.3 is 24.0 Å². The van der Waals surface area contributed by atoms with Crippen LogP contribution in [0.3, 0.4) is 0 Å². The highest BCUT2D eigenvalue weighted by molar-refractivity contribution is 5.96. The molecule has 0 bridgehead atoms. The van der Waals surface area contributed by atoms with Gasteiger partial charge in [-0.15, -0.1) is 0 Å². The molecule has 3 rings (SSSR count). The lowest BCUT2D eigenvalue weighted by molar-refractivity contribution is -0.146. The summed E-state index contributed by atoms with van der Waals surface area (Å²) in [6.45, 7) is 4.57. The first kappa shape index (κ1) is 19.3. The van der Waals surface area contributed by atoms with Crippen LogP contribution in [0, 0.1) is 6.92 Å². The van der Waals surface area contributed by atoms with Gasteiger partial charge in [-0.05, 0) is 49.6 Å². The summed E-state index contributed by atoms with van der Waals surface area (Å²) < 4.78 is 89.9. The Hall–Kier alpha value is -4.86. The van der Waals surface area contributed by atoms with E-state index in [0.29, 0.717) is 5.56 Å². The minimum atomic E-state index is -1.45. The minimum absolute atomic E-state index is 0.0617. The lowest BCUT2D eigenvalue weighted by Crippen LogP contribution is -2.45. The Bertz CT molecular complexity index is 1800. The number of aryl methyl sites for hydroxylation is 1. The van der Waals surface area contributed by atoms with E-state index in [9.17, 15) is 19.2 Å². The summed E-state index contributed by atoms with van der Waals surface area (Å²) >= 11 is 0. The maximum atomic E-state index is 13.1. The number of urea groups is 2. The highest BCUT2D eigenvalue weighted by atomic mass is 16.5. The molecule has 3 aromatic carbocycles. The molecular formula is C31H36N4O6. The number of hydrogen-bond acceptors (Lipinski definition) is 6. The molecule has 0 aliphatic carbocycles. The maximum absolute atomic E-state index is 13.1. The number of benzene rings is 3. The van der Waals surface area contributed by atoms with E-state index in [2.05, 4.69) is 21.3 Å². The highest BCUT2D eigenvalue weighted by Gasteiger charge is 2.24. The van der Waals surface area contributed by atoms with Crippen molar-refractivity contribution in [3.05, 3.63) is 95.3 Å². The Morgan fingerprint density at radius 3 is 1.66 bits per heavy atom. The Kier molecular flexibility index (Phi) is 7.36. The summed E-state index contributed by atoms with van der Waals surface area (Å²) in [5, 5.41) is 9.84. The summed E-state index contributed by atoms with van der Waals surface area (Å²) in [4.78, 5) is 51.6. The van der Waals surface area contributed by atoms with Crippen LogP contribution in [0.25, 0.3) is 0 Å². The number of esters is 2. The zero-order valence-corrected chi connectivity index (χ0v) is 22.7. The second kappa shape index (κ2) is 15.7. The van der Waals surface area contributed by atoms with Crippen molar-refractivity contribution >= 4 is 35.4 Å². The molecule has 10 heteroatoms. The summed E-state index contributed by atoms with van der Waals surface area (Å²) in [6, 6.07) is -6.20. The minimum Gasteiger partial charge on any atom is -0.464 e. The molecule has 216 valence electrons. The van der Waals surface area contributed by atoms with E-state index in [1.54, 1.807) is 6.92 Å². The SMILES string of the molecule is [2H]c1c([2H])c([2H])c(C[C@H](NC(=O)Nc2ccc(C)c(NC(=O)N[C@@H](Cc3c([2H])c([2H])c([2H])c([2H])c3[2H])C(=O)OCC)c2)C(=O)OCC)c([2H])c1[2H]. The average molecular weight is 571 g/mol. The standard InChI is InChI=1S/C31H36N4O6/c1-4-40-28(36)26(18-22-12-8-6-9-13-22)34-30(38)32-24-17-16-21(3)25(20-24)33-31(39)35-27(29(37)41-5-2)19-23-14-10-7-11-15-23/h6-17,20,26-27H,4-5,18-19H2,1-3H3,(H2,32,34,38)(H2,33,35,39)/t26-,27-/m0/s1/i6D,7D,8D,9D,10D,11D,12D,13D,14D,15D. The largest absolute Gasteiger partial charge is 0.464 e. The number of amides is 4. The van der Waals surface area contributed by atoms with E-state index in [1.165, 1.54) is 32.0 Å². The third-order valence-electron chi connectivity index (χ3n) is 5.42. The lowest BCUT2D eigenvalue weighted by atomic mass is 10.1. The van der Waals surface area contributed by atoms with Gasteiger partial charge in [0, 0.05) is 24.2 Å². The number of rotatable bonds is 12. The van der Waals surface area contributed by atoms with Crippen molar-refractivity contribution in [3.8, 4) is 0 Å². The van der Waals surface area contributed by atoms with Crippen LogP contribution in [-0.2, 0) is 31.9 Å². The molecule has 3 aromatic rings. The molecule has 0 fully saturated rings. The van der Waals surface area contributed by atoms with Crippen LogP contribution in [0.2, 0.25) is 0 Å². The maximum Gasteiger partial charge on any atom is 0.329 e. The van der Waals surface area contributed by atoms with Crippen molar-refractivity contribution in [1.82, 2.24) is 10.6 Å². The summed E-state index contributed by atoms with van der Waals surface area (Å²) in [7, 11) is 0. The van der Waals surface area contributed by atoms with Crippen LogP contribution in [-0.4, -0.2) is 49.3 Å². The lowest BCUT2D eigenvalue weighted by Gasteiger charge is -2.19. The third-order valence-corrected chi connectivity index (χ3v) is 5.42. The molecule has 4 N–H and O–H groups in total. The van der Waals surface area contributed by atoms with Crippen molar-refractivity contribution in [2.75, 3.05) is 23.8 Å². The molecule has 2 atom stereocenters. The van der Waals surface area contributed by atoms with Crippen LogP contribution in [0.1, 0.15) is 44.2 Å². The molecule has 0 unspecified atom stereocenters. The van der Waals surface area contributed by atoms with Crippen LogP contribution in [0.5, 0.6) is 0 Å². The molecule has 0 aliphatic rings. The Morgan fingerprint density at radius 1 is 0.732 bits per heavy atom. The summed E-state index contributed by atoms with van der Waals surface area (Å²) in [5.74, 6) is -1.83. The first-order chi connectivity index (χ1) is 23.9. The molecule has 41 heavy (non-hydrogen) atoms. The van der Waals surface area contributed by atoms with Crippen molar-refractivity contribution < 1.29 is 42.4 Å². The Balaban J connectivity index is 1.80. The number of hydrogen-bond donors (Lipinski definition) is 4. The molecule has 0 saturated heterocycles. The molecule has 0 aliphatic heterocycles. The van der Waals surface area contributed by atoms with E-state index in [4.69, 9.17) is 23.2 Å². The van der Waals surface area contributed by atoms with Gasteiger partial charge < -0.3 is 30.7 Å². The third kappa shape index (κ3) is 9.99. The number of carbonyl (C=O) groups is 4. The molecule has 0 aromatic heterocycles. The zero-order chi connectivity index (χ0) is 38.3. The van der Waals surface area contributed by atoms with E-state index >= 15 is 0 Å². The second-order valence-corrected chi connectivity index (χ2v) is 8.45. The van der Waals surface area contributed by atoms with Crippen molar-refractivity contribution in [2.24, 2.45) is 0 Å². The Labute approximate surface area is 253 Å². The normalized spacial score (nSPS) is 15.3. The predicted octanol–water partition coefficient (Wildman–Crippen LogP) is 4.59. The van der Waals surface area contributed by atoms with E-state index in [-0.39, 0.29) is 35.7 Å². The molecule has 4 amide bonds. The average Bonchev–Trinajstić information content (AvgIpc) is 3.09. The first-order valence-electron chi connectivity index (χ1n) is 17.6. The van der Waals surface area contributed by atoms with Crippen molar-refractivity contribution in [1.29, 1.82) is 0 Å². The summed E-state index contributed by atoms with van der Waals surface area (Å²) in [5.41, 5.74) is 0.386. The van der Waals surface area contributed by atoms with E-state index in [0.717, 1.165) is 0 Å². The predicted molar refractivity (Wildman–Crippen MR) is 157 cm³/mol. The number of carbonyl (C=O) groups excluding carboxylic acids is 4. The quantitative estimate of drug-likeness (QED) is 0.235. The van der Waals surface area contributed by atoms with Gasteiger partial charge in [0.25, 0.3) is 0 Å². The van der Waals surface area contributed by atoms with Gasteiger partial charge in [-0.25, -0.2) is 19.2 Å². The van der Waals surface area contributed by atoms with E-state index < -0.39 is 109 Å².